The lowest BCUT2D eigenvalue weighted by atomic mass is 9.97. The van der Waals surface area contributed by atoms with Crippen LogP contribution < -0.4 is 5.32 Å². The summed E-state index contributed by atoms with van der Waals surface area (Å²) in [4.78, 5) is 2.58. The minimum Gasteiger partial charge on any atom is -0.316 e. The van der Waals surface area contributed by atoms with Crippen molar-refractivity contribution >= 4 is 0 Å². The summed E-state index contributed by atoms with van der Waals surface area (Å²) in [6.07, 6.45) is 14.2. The summed E-state index contributed by atoms with van der Waals surface area (Å²) in [5.74, 6) is 0.937. The Labute approximate surface area is 127 Å². The van der Waals surface area contributed by atoms with E-state index < -0.39 is 0 Å². The third-order valence-electron chi connectivity index (χ3n) is 4.79. The largest absolute Gasteiger partial charge is 0.316 e. The molecule has 0 amide bonds. The first-order valence-corrected chi connectivity index (χ1v) is 9.29. The van der Waals surface area contributed by atoms with Crippen LogP contribution in [0.2, 0.25) is 0 Å². The molecule has 0 unspecified atom stereocenters. The number of nitrogens with one attached hydrogen (secondary N) is 1. The van der Waals surface area contributed by atoms with Crippen molar-refractivity contribution in [1.29, 1.82) is 0 Å². The van der Waals surface area contributed by atoms with E-state index in [1.165, 1.54) is 96.9 Å². The van der Waals surface area contributed by atoms with E-state index in [0.717, 1.165) is 5.92 Å². The van der Waals surface area contributed by atoms with Gasteiger partial charge in [0.2, 0.25) is 0 Å². The summed E-state index contributed by atoms with van der Waals surface area (Å²) in [5, 5.41) is 3.68. The van der Waals surface area contributed by atoms with Crippen LogP contribution in [0.3, 0.4) is 0 Å². The van der Waals surface area contributed by atoms with E-state index in [1.54, 1.807) is 0 Å². The van der Waals surface area contributed by atoms with Crippen molar-refractivity contribution in [1.82, 2.24) is 10.2 Å². The van der Waals surface area contributed by atoms with Crippen LogP contribution >= 0.6 is 0 Å². The molecule has 0 aliphatic carbocycles. The minimum atomic E-state index is 0.937. The molecule has 2 nitrogen and oxygen atoms in total. The summed E-state index contributed by atoms with van der Waals surface area (Å²) in [6, 6.07) is 0. The topological polar surface area (TPSA) is 15.3 Å². The van der Waals surface area contributed by atoms with Gasteiger partial charge < -0.3 is 10.2 Å². The number of rotatable bonds is 12. The number of nitrogens with zero attached hydrogens (tertiary/aromatic N) is 1. The van der Waals surface area contributed by atoms with Crippen molar-refractivity contribution in [2.75, 3.05) is 32.7 Å². The first-order valence-electron chi connectivity index (χ1n) is 9.29. The van der Waals surface area contributed by atoms with Crippen LogP contribution in [0, 0.1) is 5.92 Å². The molecular formula is C18H38N2. The smallest absolute Gasteiger partial charge is 0.00157 e. The van der Waals surface area contributed by atoms with Crippen LogP contribution in [0.4, 0.5) is 0 Å². The van der Waals surface area contributed by atoms with E-state index >= 15 is 0 Å². The van der Waals surface area contributed by atoms with Gasteiger partial charge in [-0.2, -0.15) is 0 Å². The average Bonchev–Trinajstić information content (AvgIpc) is 2.50. The molecule has 0 bridgehead atoms. The zero-order chi connectivity index (χ0) is 14.5. The molecule has 0 saturated carbocycles. The molecule has 1 N–H and O–H groups in total. The quantitative estimate of drug-likeness (QED) is 0.532. The normalized spacial score (nSPS) is 17.7. The molecule has 0 spiro atoms. The van der Waals surface area contributed by atoms with Crippen molar-refractivity contribution in [3.8, 4) is 0 Å². The molecule has 1 heterocycles. The van der Waals surface area contributed by atoms with Gasteiger partial charge in [0, 0.05) is 0 Å². The van der Waals surface area contributed by atoms with Crippen LogP contribution in [-0.2, 0) is 0 Å². The highest BCUT2D eigenvalue weighted by Crippen LogP contribution is 2.15. The van der Waals surface area contributed by atoms with E-state index in [4.69, 9.17) is 0 Å². The van der Waals surface area contributed by atoms with Crippen molar-refractivity contribution in [3.05, 3.63) is 0 Å². The highest BCUT2D eigenvalue weighted by molar-refractivity contribution is 4.72. The van der Waals surface area contributed by atoms with Gasteiger partial charge in [0.25, 0.3) is 0 Å². The second-order valence-electron chi connectivity index (χ2n) is 6.56. The molecule has 2 heteroatoms. The maximum absolute atomic E-state index is 3.68. The van der Waals surface area contributed by atoms with Crippen molar-refractivity contribution in [2.24, 2.45) is 5.92 Å². The average molecular weight is 283 g/mol. The van der Waals surface area contributed by atoms with Gasteiger partial charge in [0.05, 0.1) is 0 Å². The van der Waals surface area contributed by atoms with E-state index in [0.29, 0.717) is 0 Å². The first kappa shape index (κ1) is 18.0. The Bertz CT molecular complexity index is 198. The summed E-state index contributed by atoms with van der Waals surface area (Å²) in [7, 11) is 0. The molecular weight excluding hydrogens is 244 g/mol. The number of hydrogen-bond donors (Lipinski definition) is 1. The van der Waals surface area contributed by atoms with Crippen molar-refractivity contribution in [3.63, 3.8) is 0 Å². The lowest BCUT2D eigenvalue weighted by Gasteiger charge is -2.31. The Balaban J connectivity index is 1.79. The fourth-order valence-electron chi connectivity index (χ4n) is 3.20. The molecule has 1 aliphatic heterocycles. The Morgan fingerprint density at radius 3 is 2.05 bits per heavy atom. The molecule has 0 aromatic rings. The predicted molar refractivity (Wildman–Crippen MR) is 90.3 cm³/mol. The van der Waals surface area contributed by atoms with Crippen LogP contribution in [0.15, 0.2) is 0 Å². The zero-order valence-corrected chi connectivity index (χ0v) is 14.1. The lowest BCUT2D eigenvalue weighted by molar-refractivity contribution is 0.190. The van der Waals surface area contributed by atoms with Gasteiger partial charge in [-0.15, -0.1) is 0 Å². The molecule has 0 atom stereocenters. The van der Waals surface area contributed by atoms with E-state index in [1.807, 2.05) is 0 Å². The van der Waals surface area contributed by atoms with E-state index in [9.17, 15) is 0 Å². The van der Waals surface area contributed by atoms with Crippen LogP contribution in [0.25, 0.3) is 0 Å². The zero-order valence-electron chi connectivity index (χ0n) is 14.1. The van der Waals surface area contributed by atoms with Gasteiger partial charge in [-0.1, -0.05) is 58.8 Å². The molecule has 120 valence electrons. The highest BCUT2D eigenvalue weighted by atomic mass is 15.1. The standard InChI is InChI=1S/C18H38N2/c1-3-5-6-7-8-9-10-11-14-19-17-18-12-15-20(4-2)16-13-18/h18-19H,3-17H2,1-2H3. The van der Waals surface area contributed by atoms with Crippen molar-refractivity contribution < 1.29 is 0 Å². The molecule has 0 aromatic carbocycles. The van der Waals surface area contributed by atoms with Crippen LogP contribution in [0.5, 0.6) is 0 Å². The van der Waals surface area contributed by atoms with E-state index in [-0.39, 0.29) is 0 Å². The number of unbranched alkanes of at least 4 members (excludes halogenated alkanes) is 7. The summed E-state index contributed by atoms with van der Waals surface area (Å²) >= 11 is 0. The van der Waals surface area contributed by atoms with E-state index in [2.05, 4.69) is 24.1 Å². The summed E-state index contributed by atoms with van der Waals surface area (Å²) in [5.41, 5.74) is 0. The third kappa shape index (κ3) is 8.97. The Morgan fingerprint density at radius 1 is 0.850 bits per heavy atom. The van der Waals surface area contributed by atoms with Crippen LogP contribution in [-0.4, -0.2) is 37.6 Å². The lowest BCUT2D eigenvalue weighted by Crippen LogP contribution is -2.37. The molecule has 1 aliphatic rings. The Morgan fingerprint density at radius 2 is 1.45 bits per heavy atom. The fourth-order valence-corrected chi connectivity index (χ4v) is 3.20. The Kier molecular flexibility index (Phi) is 11.4. The van der Waals surface area contributed by atoms with Gasteiger partial charge in [0.15, 0.2) is 0 Å². The number of piperidine rings is 1. The molecule has 1 rings (SSSR count). The second kappa shape index (κ2) is 12.6. The van der Waals surface area contributed by atoms with Gasteiger partial charge >= 0.3 is 0 Å². The first-order chi connectivity index (χ1) is 9.86. The van der Waals surface area contributed by atoms with Gasteiger partial charge in [0.1, 0.15) is 0 Å². The maximum Gasteiger partial charge on any atom is -0.00157 e. The highest BCUT2D eigenvalue weighted by Gasteiger charge is 2.17. The number of hydrogen-bond acceptors (Lipinski definition) is 2. The minimum absolute atomic E-state index is 0.937. The Hall–Kier alpha value is -0.0800. The molecule has 20 heavy (non-hydrogen) atoms. The third-order valence-corrected chi connectivity index (χ3v) is 4.79. The van der Waals surface area contributed by atoms with Gasteiger partial charge in [-0.3, -0.25) is 0 Å². The second-order valence-corrected chi connectivity index (χ2v) is 6.56. The van der Waals surface area contributed by atoms with Crippen LogP contribution in [0.1, 0.15) is 78.1 Å². The SMILES string of the molecule is CCCCCCCCCCNCC1CCN(CC)CC1. The predicted octanol–water partition coefficient (Wildman–Crippen LogP) is 4.45. The molecule has 0 radical (unpaired) electrons. The maximum atomic E-state index is 3.68. The summed E-state index contributed by atoms with van der Waals surface area (Å²) in [6.45, 7) is 10.9. The molecule has 1 fully saturated rings. The monoisotopic (exact) mass is 282 g/mol. The molecule has 0 aromatic heterocycles. The van der Waals surface area contributed by atoms with Crippen molar-refractivity contribution in [2.45, 2.75) is 78.1 Å². The fraction of sp³-hybridized carbons (Fsp3) is 1.00. The van der Waals surface area contributed by atoms with Gasteiger partial charge in [-0.25, -0.2) is 0 Å². The van der Waals surface area contributed by atoms with Gasteiger partial charge in [-0.05, 0) is 57.9 Å². The molecule has 1 saturated heterocycles. The summed E-state index contributed by atoms with van der Waals surface area (Å²) < 4.78 is 0. The number of likely N-dealkylation sites (tertiary alicyclic amines) is 1.